The smallest absolute Gasteiger partial charge is 0.870 e. The van der Waals surface area contributed by atoms with Crippen molar-refractivity contribution in [3.05, 3.63) is 54.1 Å². The Bertz CT molecular complexity index is 1440. The Balaban J connectivity index is 0.00000272. The van der Waals surface area contributed by atoms with Gasteiger partial charge in [0.25, 0.3) is 10.1 Å². The quantitative estimate of drug-likeness (QED) is 0.226. The van der Waals surface area contributed by atoms with Crippen molar-refractivity contribution in [2.45, 2.75) is 16.0 Å². The second-order valence-corrected chi connectivity index (χ2v) is 8.85. The van der Waals surface area contributed by atoms with Crippen molar-refractivity contribution in [3.8, 4) is 5.75 Å². The van der Waals surface area contributed by atoms with E-state index in [1.54, 1.807) is 0 Å². The van der Waals surface area contributed by atoms with Gasteiger partial charge < -0.3 is 9.66 Å². The summed E-state index contributed by atoms with van der Waals surface area (Å²) in [6, 6.07) is 7.08. The average molecular weight is 520 g/mol. The summed E-state index contributed by atoms with van der Waals surface area (Å²) >= 11 is 0. The van der Waals surface area contributed by atoms with Crippen LogP contribution < -0.4 is 64.2 Å². The van der Waals surface area contributed by atoms with E-state index in [0.29, 0.717) is 12.1 Å². The van der Waals surface area contributed by atoms with Gasteiger partial charge in [-0.15, -0.1) is 5.11 Å². The Labute approximate surface area is 229 Å². The van der Waals surface area contributed by atoms with Crippen LogP contribution in [0.15, 0.2) is 68.6 Å². The maximum atomic E-state index is 13.1. The van der Waals surface area contributed by atoms with E-state index in [4.69, 9.17) is 0 Å². The average Bonchev–Trinajstić information content (AvgIpc) is 2.64. The van der Waals surface area contributed by atoms with E-state index in [1.807, 2.05) is 0 Å². The Kier molecular flexibility index (Phi) is 9.70. The molecule has 0 aliphatic heterocycles. The van der Waals surface area contributed by atoms with Crippen LogP contribution in [0.25, 0.3) is 10.8 Å². The van der Waals surface area contributed by atoms with Gasteiger partial charge in [0.15, 0.2) is 0 Å². The Morgan fingerprint density at radius 3 is 2.06 bits per heavy atom. The van der Waals surface area contributed by atoms with Gasteiger partial charge >= 0.3 is 65.3 Å². The molecule has 3 rings (SSSR count). The zero-order valence-corrected chi connectivity index (χ0v) is 22.5. The third-order valence-electron chi connectivity index (χ3n) is 4.04. The van der Waals surface area contributed by atoms with E-state index in [0.717, 1.165) is 30.3 Å². The molecule has 0 atom stereocenters. The Hall–Kier alpha value is -1.07. The molecule has 0 aliphatic carbocycles. The topological polar surface area (TPSA) is 159 Å². The van der Waals surface area contributed by atoms with Gasteiger partial charge in [-0.05, 0) is 35.7 Å². The first-order chi connectivity index (χ1) is 14.2. The number of rotatable bonds is 4. The van der Waals surface area contributed by atoms with Gasteiger partial charge in [-0.3, -0.25) is 4.55 Å². The molecule has 0 saturated carbocycles. The molecule has 0 radical (unpaired) electrons. The number of halogens is 3. The molecule has 0 saturated heterocycles. The van der Waals surface area contributed by atoms with Crippen LogP contribution in [0.3, 0.4) is 0 Å². The first-order valence-electron chi connectivity index (χ1n) is 7.99. The molecule has 0 bridgehead atoms. The fourth-order valence-corrected chi connectivity index (χ4v) is 3.79. The SMILES string of the molecule is O=S(=O)([O-])c1ccc2c(N=Nc3ccccc3C(F)(F)F)c([O-])c(S(=O)(=O)O)cc2c1.[Na+].[Na+]. The normalized spacial score (nSPS) is 12.4. The molecule has 16 heteroatoms. The summed E-state index contributed by atoms with van der Waals surface area (Å²) in [5.74, 6) is -1.39. The van der Waals surface area contributed by atoms with E-state index in [-0.39, 0.29) is 69.9 Å². The molecule has 33 heavy (non-hydrogen) atoms. The third kappa shape index (κ3) is 6.75. The van der Waals surface area contributed by atoms with Crippen LogP contribution in [0.2, 0.25) is 0 Å². The van der Waals surface area contributed by atoms with Crippen molar-refractivity contribution in [3.63, 3.8) is 0 Å². The van der Waals surface area contributed by atoms with Crippen molar-refractivity contribution in [1.82, 2.24) is 0 Å². The number of hydrogen-bond donors (Lipinski definition) is 1. The third-order valence-corrected chi connectivity index (χ3v) is 5.73. The fourth-order valence-electron chi connectivity index (χ4n) is 2.67. The van der Waals surface area contributed by atoms with E-state index >= 15 is 0 Å². The number of hydrogen-bond acceptors (Lipinski definition) is 8. The molecule has 3 aromatic rings. The van der Waals surface area contributed by atoms with Crippen LogP contribution >= 0.6 is 0 Å². The van der Waals surface area contributed by atoms with E-state index < -0.39 is 58.9 Å². The second-order valence-electron chi connectivity index (χ2n) is 6.08. The summed E-state index contributed by atoms with van der Waals surface area (Å²) in [4.78, 5) is -2.00. The monoisotopic (exact) mass is 520 g/mol. The molecule has 0 fully saturated rings. The number of fused-ring (bicyclic) bond motifs is 1. The summed E-state index contributed by atoms with van der Waals surface area (Å²) in [6.07, 6.45) is -4.80. The van der Waals surface area contributed by atoms with Gasteiger partial charge in [0.2, 0.25) is 0 Å². The maximum absolute atomic E-state index is 13.1. The summed E-state index contributed by atoms with van der Waals surface area (Å²) in [5, 5.41) is 18.9. The van der Waals surface area contributed by atoms with Crippen LogP contribution in [0.1, 0.15) is 5.56 Å². The molecule has 0 aromatic heterocycles. The summed E-state index contributed by atoms with van der Waals surface area (Å²) in [7, 11) is -10.1. The van der Waals surface area contributed by atoms with Gasteiger partial charge in [-0.2, -0.15) is 26.7 Å². The summed E-state index contributed by atoms with van der Waals surface area (Å²) in [6.45, 7) is 0. The minimum atomic E-state index is -5.13. The van der Waals surface area contributed by atoms with Crippen LogP contribution in [0, 0.1) is 0 Å². The van der Waals surface area contributed by atoms with Gasteiger partial charge in [0, 0.05) is 5.39 Å². The Morgan fingerprint density at radius 2 is 1.52 bits per heavy atom. The molecule has 0 amide bonds. The molecular formula is C17H9F3N2Na2O7S2. The van der Waals surface area contributed by atoms with Crippen molar-refractivity contribution < 1.29 is 103 Å². The van der Waals surface area contributed by atoms with Crippen molar-refractivity contribution in [2.24, 2.45) is 10.2 Å². The zero-order valence-electron chi connectivity index (χ0n) is 16.9. The maximum Gasteiger partial charge on any atom is 1.00 e. The van der Waals surface area contributed by atoms with Crippen LogP contribution in [0.5, 0.6) is 5.75 Å². The summed E-state index contributed by atoms with van der Waals surface area (Å²) < 4.78 is 105. The first-order valence-corrected chi connectivity index (χ1v) is 10.8. The largest absolute Gasteiger partial charge is 1.00 e. The number of benzene rings is 3. The van der Waals surface area contributed by atoms with Crippen molar-refractivity contribution >= 4 is 42.4 Å². The number of nitrogens with zero attached hydrogens (tertiary/aromatic N) is 2. The molecule has 164 valence electrons. The van der Waals surface area contributed by atoms with Gasteiger partial charge in [0.05, 0.1) is 26.7 Å². The molecule has 0 heterocycles. The van der Waals surface area contributed by atoms with E-state index in [9.17, 15) is 44.2 Å². The van der Waals surface area contributed by atoms with Crippen molar-refractivity contribution in [1.29, 1.82) is 0 Å². The second kappa shape index (κ2) is 10.7. The number of alkyl halides is 3. The standard InChI is InChI=1S/C17H11F3N2O7S2.2Na/c18-17(19,20)12-3-1-2-4-13(12)21-22-15-11-6-5-10(30(24,25)26)7-9(11)8-14(16(15)23)31(27,28)29;;/h1-8,23H,(H,24,25,26)(H,27,28,29);;/q;2*+1/p-2. The van der Waals surface area contributed by atoms with E-state index in [2.05, 4.69) is 10.2 Å². The molecule has 3 aromatic carbocycles. The molecule has 0 unspecified atom stereocenters. The molecule has 9 nitrogen and oxygen atoms in total. The van der Waals surface area contributed by atoms with Gasteiger partial charge in [-0.25, -0.2) is 8.42 Å². The van der Waals surface area contributed by atoms with Crippen LogP contribution in [-0.4, -0.2) is 25.9 Å². The number of azo groups is 1. The van der Waals surface area contributed by atoms with Crippen molar-refractivity contribution in [2.75, 3.05) is 0 Å². The van der Waals surface area contributed by atoms with Gasteiger partial charge in [-0.1, -0.05) is 23.9 Å². The van der Waals surface area contributed by atoms with E-state index in [1.165, 1.54) is 6.07 Å². The Morgan fingerprint density at radius 1 is 0.909 bits per heavy atom. The van der Waals surface area contributed by atoms with Crippen LogP contribution in [-0.2, 0) is 26.4 Å². The molecule has 1 N–H and O–H groups in total. The zero-order chi connectivity index (χ0) is 23.2. The van der Waals surface area contributed by atoms with Crippen LogP contribution in [0.4, 0.5) is 24.5 Å². The molecule has 0 spiro atoms. The minimum Gasteiger partial charge on any atom is -0.870 e. The fraction of sp³-hybridized carbons (Fsp3) is 0.0588. The van der Waals surface area contributed by atoms with Gasteiger partial charge in [0.1, 0.15) is 10.1 Å². The predicted molar refractivity (Wildman–Crippen MR) is 96.8 cm³/mol. The summed E-state index contributed by atoms with van der Waals surface area (Å²) in [5.41, 5.74) is -2.64. The first kappa shape index (κ1) is 30.0. The predicted octanol–water partition coefficient (Wildman–Crippen LogP) is -2.49. The molecule has 0 aliphatic rings. The minimum absolute atomic E-state index is 0. The molecular weight excluding hydrogens is 511 g/mol.